The lowest BCUT2D eigenvalue weighted by Gasteiger charge is -2.17. The zero-order chi connectivity index (χ0) is 26.9. The van der Waals surface area contributed by atoms with Crippen LogP contribution in [0.1, 0.15) is 24.2 Å². The number of urea groups is 1. The first-order valence-corrected chi connectivity index (χ1v) is 13.4. The van der Waals surface area contributed by atoms with E-state index in [2.05, 4.69) is 42.5 Å². The number of fused-ring (bicyclic) bond motifs is 1. The maximum absolute atomic E-state index is 14.8. The highest BCUT2D eigenvalue weighted by molar-refractivity contribution is 9.11. The van der Waals surface area contributed by atoms with Gasteiger partial charge in [-0.25, -0.2) is 9.18 Å². The number of hydrogen-bond acceptors (Lipinski definition) is 5. The van der Waals surface area contributed by atoms with Crippen LogP contribution in [0.25, 0.3) is 11.1 Å². The van der Waals surface area contributed by atoms with Gasteiger partial charge in [0.1, 0.15) is 4.34 Å². The maximum atomic E-state index is 14.8. The number of benzene rings is 2. The van der Waals surface area contributed by atoms with Gasteiger partial charge in [0.15, 0.2) is 23.1 Å². The van der Waals surface area contributed by atoms with Gasteiger partial charge in [-0.2, -0.15) is 4.39 Å². The van der Waals surface area contributed by atoms with E-state index in [1.54, 1.807) is 38.1 Å². The molecule has 0 unspecified atom stereocenters. The van der Waals surface area contributed by atoms with Gasteiger partial charge in [-0.15, -0.1) is 11.3 Å². The molecular weight excluding hydrogens is 658 g/mol. The fourth-order valence-electron chi connectivity index (χ4n) is 3.37. The lowest BCUT2D eigenvalue weighted by molar-refractivity contribution is 0.0966. The predicted octanol–water partition coefficient (Wildman–Crippen LogP) is 8.85. The molecule has 1 heterocycles. The van der Waals surface area contributed by atoms with Crippen molar-refractivity contribution in [2.75, 3.05) is 5.32 Å². The summed E-state index contributed by atoms with van der Waals surface area (Å²) in [6.07, 6.45) is -0.313. The van der Waals surface area contributed by atoms with Crippen LogP contribution in [0.3, 0.4) is 0 Å². The molecule has 1 aliphatic heterocycles. The maximum Gasteiger partial charge on any atom is 0.326 e. The first-order chi connectivity index (χ1) is 17.5. The molecule has 0 radical (unpaired) electrons. The number of hydrogen-bond donors (Lipinski definition) is 2. The predicted molar refractivity (Wildman–Crippen MR) is 146 cm³/mol. The second kappa shape index (κ2) is 11.3. The quantitative estimate of drug-likeness (QED) is 0.214. The Morgan fingerprint density at radius 3 is 2.46 bits per heavy atom. The van der Waals surface area contributed by atoms with Gasteiger partial charge in [0.2, 0.25) is 5.82 Å². The van der Waals surface area contributed by atoms with E-state index < -0.39 is 23.6 Å². The Morgan fingerprint density at radius 1 is 1.03 bits per heavy atom. The number of rotatable bonds is 6. The van der Waals surface area contributed by atoms with Gasteiger partial charge >= 0.3 is 6.03 Å². The number of nitrogens with one attached hydrogen (secondary N) is 2. The van der Waals surface area contributed by atoms with Crippen molar-refractivity contribution in [1.82, 2.24) is 5.32 Å². The highest BCUT2D eigenvalue weighted by atomic mass is 79.9. The second-order valence-electron chi connectivity index (χ2n) is 7.89. The van der Waals surface area contributed by atoms with Crippen LogP contribution in [0, 0.1) is 11.6 Å². The number of halogens is 5. The van der Waals surface area contributed by atoms with Gasteiger partial charge < -0.3 is 14.8 Å². The summed E-state index contributed by atoms with van der Waals surface area (Å²) >= 11 is 13.7. The van der Waals surface area contributed by atoms with Crippen LogP contribution < -0.4 is 20.1 Å². The molecule has 0 fully saturated rings. The summed E-state index contributed by atoms with van der Waals surface area (Å²) in [5, 5.41) is 4.79. The Hall–Kier alpha value is -2.73. The number of carbonyl (C=O) groups excluding carboxylic acids is 2. The minimum absolute atomic E-state index is 0.0666. The van der Waals surface area contributed by atoms with Gasteiger partial charge in [-0.1, -0.05) is 23.7 Å². The van der Waals surface area contributed by atoms with Crippen molar-refractivity contribution >= 4 is 72.4 Å². The van der Waals surface area contributed by atoms with Gasteiger partial charge in [-0.05, 0) is 76.0 Å². The summed E-state index contributed by atoms with van der Waals surface area (Å²) in [5.74, 6) is -3.03. The Bertz CT molecular complexity index is 1480. The number of amides is 3. The fraction of sp³-hybridized carbons (Fsp3) is 0.120. The highest BCUT2D eigenvalue weighted by Gasteiger charge is 2.30. The van der Waals surface area contributed by atoms with E-state index in [-0.39, 0.29) is 50.1 Å². The Morgan fingerprint density at radius 2 is 1.76 bits per heavy atom. The Kier molecular flexibility index (Phi) is 8.37. The van der Waals surface area contributed by atoms with E-state index in [0.717, 1.165) is 11.3 Å². The number of carbonyl (C=O) groups is 2. The van der Waals surface area contributed by atoms with E-state index in [9.17, 15) is 18.4 Å². The normalized spacial score (nSPS) is 11.0. The molecule has 4 rings (SSSR count). The average molecular weight is 675 g/mol. The molecular formula is C25H17Br2ClF2N2O4S. The van der Waals surface area contributed by atoms with Crippen LogP contribution in [0.4, 0.5) is 19.3 Å². The monoisotopic (exact) mass is 672 g/mol. The Labute approximate surface area is 236 Å². The van der Waals surface area contributed by atoms with Crippen LogP contribution >= 0.6 is 54.8 Å². The number of ether oxygens (including phenoxy) is 2. The summed E-state index contributed by atoms with van der Waals surface area (Å²) in [7, 11) is 0. The van der Waals surface area contributed by atoms with Crippen molar-refractivity contribution in [2.45, 2.75) is 20.0 Å². The molecule has 3 amide bonds. The van der Waals surface area contributed by atoms with E-state index in [1.165, 1.54) is 24.3 Å². The van der Waals surface area contributed by atoms with Gasteiger partial charge in [0.05, 0.1) is 21.0 Å². The van der Waals surface area contributed by atoms with E-state index in [4.69, 9.17) is 21.1 Å². The molecule has 0 bridgehead atoms. The number of anilines is 1. The third-order valence-corrected chi connectivity index (χ3v) is 7.41. The van der Waals surface area contributed by atoms with Crippen molar-refractivity contribution in [1.29, 1.82) is 0 Å². The summed E-state index contributed by atoms with van der Waals surface area (Å²) in [6, 6.07) is 11.7. The summed E-state index contributed by atoms with van der Waals surface area (Å²) in [5.41, 5.74) is 0.618. The SMILES string of the molecule is CC(C)Oc1cc(NC(=O)NC(=O)c2ccccc2Br)ccc1Oc1c2cc(Br)sc(Cl)c-2c(F)c1F. The molecule has 37 heavy (non-hydrogen) atoms. The third kappa shape index (κ3) is 6.06. The average Bonchev–Trinajstić information content (AvgIpc) is 3.05. The van der Waals surface area contributed by atoms with Crippen LogP contribution in [-0.2, 0) is 0 Å². The molecule has 6 nitrogen and oxygen atoms in total. The van der Waals surface area contributed by atoms with Crippen molar-refractivity contribution < 1.29 is 27.8 Å². The standard InChI is InChI=1S/C25H17Br2ClF2N2O4S/c1-11(2)35-17-9-12(31-25(34)32-24(33)13-5-3-4-6-15(13)26)7-8-16(17)36-22-14-10-18(27)37-23(28)19(14)20(29)21(22)30/h3-11H,1-2H3,(H2,31,32,33,34). The first-order valence-electron chi connectivity index (χ1n) is 10.7. The molecule has 2 N–H and O–H groups in total. The zero-order valence-corrected chi connectivity index (χ0v) is 23.9. The number of imide groups is 1. The smallest absolute Gasteiger partial charge is 0.326 e. The summed E-state index contributed by atoms with van der Waals surface area (Å²) < 4.78 is 42.2. The van der Waals surface area contributed by atoms with E-state index in [1.807, 2.05) is 0 Å². The highest BCUT2D eigenvalue weighted by Crippen LogP contribution is 2.50. The van der Waals surface area contributed by atoms with Gasteiger partial charge in [-0.3, -0.25) is 10.1 Å². The lowest BCUT2D eigenvalue weighted by atomic mass is 10.2. The third-order valence-electron chi connectivity index (χ3n) is 4.89. The Balaban J connectivity index is 1.59. The summed E-state index contributed by atoms with van der Waals surface area (Å²) in [6.45, 7) is 3.53. The molecule has 2 aliphatic rings. The van der Waals surface area contributed by atoms with E-state index in [0.29, 0.717) is 8.26 Å². The van der Waals surface area contributed by atoms with Crippen molar-refractivity contribution in [3.05, 3.63) is 78.3 Å². The van der Waals surface area contributed by atoms with Crippen LogP contribution in [-0.4, -0.2) is 18.0 Å². The fourth-order valence-corrected chi connectivity index (χ4v) is 5.92. The topological polar surface area (TPSA) is 76.7 Å². The molecule has 0 aromatic heterocycles. The molecule has 12 heteroatoms. The minimum atomic E-state index is -1.19. The molecule has 0 saturated carbocycles. The van der Waals surface area contributed by atoms with Gasteiger partial charge in [0, 0.05) is 21.8 Å². The van der Waals surface area contributed by atoms with Gasteiger partial charge in [0.25, 0.3) is 5.91 Å². The summed E-state index contributed by atoms with van der Waals surface area (Å²) in [4.78, 5) is 24.8. The van der Waals surface area contributed by atoms with Crippen molar-refractivity contribution in [3.8, 4) is 28.4 Å². The van der Waals surface area contributed by atoms with E-state index >= 15 is 0 Å². The molecule has 1 aliphatic carbocycles. The van der Waals surface area contributed by atoms with Crippen molar-refractivity contribution in [2.24, 2.45) is 0 Å². The zero-order valence-electron chi connectivity index (χ0n) is 19.1. The van der Waals surface area contributed by atoms with Crippen LogP contribution in [0.2, 0.25) is 4.34 Å². The van der Waals surface area contributed by atoms with Crippen LogP contribution in [0.15, 0.2) is 56.8 Å². The molecule has 0 atom stereocenters. The molecule has 0 spiro atoms. The molecule has 2 aromatic rings. The molecule has 192 valence electrons. The minimum Gasteiger partial charge on any atom is -0.487 e. The lowest BCUT2D eigenvalue weighted by Crippen LogP contribution is -2.34. The van der Waals surface area contributed by atoms with Crippen LogP contribution in [0.5, 0.6) is 17.2 Å². The largest absolute Gasteiger partial charge is 0.487 e. The molecule has 0 saturated heterocycles. The van der Waals surface area contributed by atoms with Crippen molar-refractivity contribution in [3.63, 3.8) is 0 Å². The second-order valence-corrected chi connectivity index (χ2v) is 11.8. The molecule has 2 aromatic carbocycles. The first kappa shape index (κ1) is 27.3.